The molecule has 1 aliphatic heterocycles. The average Bonchev–Trinajstić information content (AvgIpc) is 3.10. The van der Waals surface area contributed by atoms with Crippen molar-refractivity contribution < 1.29 is 19.4 Å². The molecule has 6 nitrogen and oxygen atoms in total. The lowest BCUT2D eigenvalue weighted by Gasteiger charge is -2.20. The molecule has 136 valence electrons. The molecule has 26 heavy (non-hydrogen) atoms. The highest BCUT2D eigenvalue weighted by Gasteiger charge is 2.31. The van der Waals surface area contributed by atoms with Crippen molar-refractivity contribution in [2.24, 2.45) is 0 Å². The summed E-state index contributed by atoms with van der Waals surface area (Å²) in [7, 11) is 0. The summed E-state index contributed by atoms with van der Waals surface area (Å²) < 4.78 is 5.71. The number of carbonyl (C=O) groups is 2. The molecule has 0 saturated carbocycles. The fourth-order valence-corrected chi connectivity index (χ4v) is 3.06. The topological polar surface area (TPSA) is 78.9 Å². The molecule has 1 heterocycles. The van der Waals surface area contributed by atoms with Gasteiger partial charge in [-0.25, -0.2) is 0 Å². The number of benzene rings is 2. The first-order valence-electron chi connectivity index (χ1n) is 8.65. The van der Waals surface area contributed by atoms with E-state index in [0.29, 0.717) is 25.3 Å². The zero-order valence-corrected chi connectivity index (χ0v) is 14.4. The molecule has 0 aromatic heterocycles. The Balaban J connectivity index is 1.49. The van der Waals surface area contributed by atoms with Crippen LogP contribution in [0.15, 0.2) is 54.6 Å². The lowest BCUT2D eigenvalue weighted by atomic mass is 10.2. The third kappa shape index (κ3) is 4.83. The van der Waals surface area contributed by atoms with Crippen LogP contribution in [0.5, 0.6) is 5.75 Å². The lowest BCUT2D eigenvalue weighted by Crippen LogP contribution is -2.40. The van der Waals surface area contributed by atoms with Gasteiger partial charge in [0.25, 0.3) is 0 Å². The summed E-state index contributed by atoms with van der Waals surface area (Å²) in [6.07, 6.45) is 1.40. The summed E-state index contributed by atoms with van der Waals surface area (Å²) in [6.45, 7) is 1.21. The quantitative estimate of drug-likeness (QED) is 0.799. The van der Waals surface area contributed by atoms with Crippen LogP contribution < -0.4 is 10.1 Å². The molecule has 1 aliphatic rings. The maximum Gasteiger partial charge on any atom is 0.320 e. The van der Waals surface area contributed by atoms with Crippen LogP contribution in [0.2, 0.25) is 0 Å². The first kappa shape index (κ1) is 17.9. The number of hydrogen-bond donors (Lipinski definition) is 2. The van der Waals surface area contributed by atoms with E-state index in [1.807, 2.05) is 30.3 Å². The largest absolute Gasteiger partial charge is 0.489 e. The van der Waals surface area contributed by atoms with Gasteiger partial charge in [-0.3, -0.25) is 14.5 Å². The summed E-state index contributed by atoms with van der Waals surface area (Å²) in [5.41, 5.74) is 1.75. The van der Waals surface area contributed by atoms with Crippen molar-refractivity contribution in [2.45, 2.75) is 25.5 Å². The number of amides is 1. The first-order chi connectivity index (χ1) is 12.6. The number of anilines is 1. The Bertz CT molecular complexity index is 746. The van der Waals surface area contributed by atoms with E-state index in [0.717, 1.165) is 17.7 Å². The molecule has 1 atom stereocenters. The highest BCUT2D eigenvalue weighted by molar-refractivity contribution is 5.92. The second-order valence-electron chi connectivity index (χ2n) is 6.31. The van der Waals surface area contributed by atoms with Gasteiger partial charge in [0.05, 0.1) is 6.54 Å². The number of nitrogens with one attached hydrogen (secondary N) is 1. The SMILES string of the molecule is O=C(CN1CCC[C@H]1C(=O)O)Nc1ccc(OCc2ccccc2)cc1. The van der Waals surface area contributed by atoms with Crippen LogP contribution in [0.1, 0.15) is 18.4 Å². The van der Waals surface area contributed by atoms with E-state index >= 15 is 0 Å². The van der Waals surface area contributed by atoms with E-state index < -0.39 is 12.0 Å². The monoisotopic (exact) mass is 354 g/mol. The van der Waals surface area contributed by atoms with Crippen LogP contribution in [0.4, 0.5) is 5.69 Å². The van der Waals surface area contributed by atoms with Crippen LogP contribution >= 0.6 is 0 Å². The van der Waals surface area contributed by atoms with Gasteiger partial charge in [-0.05, 0) is 49.2 Å². The predicted molar refractivity (Wildman–Crippen MR) is 98.1 cm³/mol. The molecule has 0 unspecified atom stereocenters. The van der Waals surface area contributed by atoms with Crippen molar-refractivity contribution in [3.63, 3.8) is 0 Å². The normalized spacial score (nSPS) is 17.0. The van der Waals surface area contributed by atoms with Crippen LogP contribution in [-0.2, 0) is 16.2 Å². The minimum Gasteiger partial charge on any atom is -0.489 e. The van der Waals surface area contributed by atoms with Crippen LogP contribution in [0.25, 0.3) is 0 Å². The van der Waals surface area contributed by atoms with Gasteiger partial charge < -0.3 is 15.2 Å². The molecule has 2 aromatic carbocycles. The lowest BCUT2D eigenvalue weighted by molar-refractivity contribution is -0.142. The van der Waals surface area contributed by atoms with E-state index in [4.69, 9.17) is 9.84 Å². The second-order valence-corrected chi connectivity index (χ2v) is 6.31. The number of carbonyl (C=O) groups excluding carboxylic acids is 1. The number of hydrogen-bond acceptors (Lipinski definition) is 4. The first-order valence-corrected chi connectivity index (χ1v) is 8.65. The zero-order valence-electron chi connectivity index (χ0n) is 14.4. The fourth-order valence-electron chi connectivity index (χ4n) is 3.06. The molecular formula is C20H22N2O4. The molecule has 3 rings (SSSR count). The Morgan fingerprint density at radius 1 is 1.12 bits per heavy atom. The number of carboxylic acids is 1. The summed E-state index contributed by atoms with van der Waals surface area (Å²) >= 11 is 0. The minimum absolute atomic E-state index is 0.0865. The van der Waals surface area contributed by atoms with Gasteiger partial charge in [0, 0.05) is 5.69 Å². The Kier molecular flexibility index (Phi) is 5.86. The highest BCUT2D eigenvalue weighted by Crippen LogP contribution is 2.19. The second kappa shape index (κ2) is 8.49. The average molecular weight is 354 g/mol. The molecule has 0 aliphatic carbocycles. The van der Waals surface area contributed by atoms with Gasteiger partial charge in [0.2, 0.25) is 5.91 Å². The molecule has 1 amide bonds. The van der Waals surface area contributed by atoms with E-state index in [9.17, 15) is 9.59 Å². The van der Waals surface area contributed by atoms with Crippen LogP contribution in [-0.4, -0.2) is 41.0 Å². The number of nitrogens with zero attached hydrogens (tertiary/aromatic N) is 1. The molecule has 1 fully saturated rings. The van der Waals surface area contributed by atoms with Crippen molar-refractivity contribution in [3.05, 3.63) is 60.2 Å². The fraction of sp³-hybridized carbons (Fsp3) is 0.300. The van der Waals surface area contributed by atoms with Crippen molar-refractivity contribution >= 4 is 17.6 Å². The number of carboxylic acid groups (broad SMARTS) is 1. The Hall–Kier alpha value is -2.86. The molecule has 1 saturated heterocycles. The maximum absolute atomic E-state index is 12.2. The van der Waals surface area contributed by atoms with Gasteiger partial charge in [-0.1, -0.05) is 30.3 Å². The number of rotatable bonds is 7. The molecule has 0 radical (unpaired) electrons. The number of aliphatic carboxylic acids is 1. The molecule has 0 spiro atoms. The Morgan fingerprint density at radius 3 is 2.54 bits per heavy atom. The predicted octanol–water partition coefficient (Wildman–Crippen LogP) is 2.75. The Morgan fingerprint density at radius 2 is 1.85 bits per heavy atom. The molecule has 0 bridgehead atoms. The standard InChI is InChI=1S/C20H22N2O4/c23-19(13-22-12-4-7-18(22)20(24)25)21-16-8-10-17(11-9-16)26-14-15-5-2-1-3-6-15/h1-3,5-6,8-11,18H,4,7,12-14H2,(H,21,23)(H,24,25)/t18-/m0/s1. The maximum atomic E-state index is 12.2. The molecule has 2 aromatic rings. The zero-order chi connectivity index (χ0) is 18.4. The summed E-state index contributed by atoms with van der Waals surface area (Å²) in [5, 5.41) is 12.0. The van der Waals surface area contributed by atoms with Crippen LogP contribution in [0, 0.1) is 0 Å². The summed E-state index contributed by atoms with van der Waals surface area (Å²) in [4.78, 5) is 25.0. The summed E-state index contributed by atoms with van der Waals surface area (Å²) in [6, 6.07) is 16.5. The van der Waals surface area contributed by atoms with E-state index in [-0.39, 0.29) is 12.5 Å². The van der Waals surface area contributed by atoms with Gasteiger partial charge in [-0.15, -0.1) is 0 Å². The third-order valence-electron chi connectivity index (χ3n) is 4.38. The van der Waals surface area contributed by atoms with Crippen molar-refractivity contribution in [2.75, 3.05) is 18.4 Å². The van der Waals surface area contributed by atoms with Crippen molar-refractivity contribution in [1.82, 2.24) is 4.90 Å². The van der Waals surface area contributed by atoms with Gasteiger partial charge in [0.15, 0.2) is 0 Å². The highest BCUT2D eigenvalue weighted by atomic mass is 16.5. The van der Waals surface area contributed by atoms with Gasteiger partial charge >= 0.3 is 5.97 Å². The van der Waals surface area contributed by atoms with Gasteiger partial charge in [-0.2, -0.15) is 0 Å². The molecule has 6 heteroatoms. The third-order valence-corrected chi connectivity index (χ3v) is 4.38. The van der Waals surface area contributed by atoms with Gasteiger partial charge in [0.1, 0.15) is 18.4 Å². The Labute approximate surface area is 152 Å². The molecule has 2 N–H and O–H groups in total. The van der Waals surface area contributed by atoms with Crippen LogP contribution in [0.3, 0.4) is 0 Å². The summed E-state index contributed by atoms with van der Waals surface area (Å²) in [5.74, 6) is -0.358. The molecular weight excluding hydrogens is 332 g/mol. The smallest absolute Gasteiger partial charge is 0.320 e. The van der Waals surface area contributed by atoms with E-state index in [2.05, 4.69) is 5.32 Å². The minimum atomic E-state index is -0.866. The van der Waals surface area contributed by atoms with E-state index in [1.165, 1.54) is 0 Å². The van der Waals surface area contributed by atoms with Crippen molar-refractivity contribution in [3.8, 4) is 5.75 Å². The number of ether oxygens (including phenoxy) is 1. The number of likely N-dealkylation sites (tertiary alicyclic amines) is 1. The van der Waals surface area contributed by atoms with E-state index in [1.54, 1.807) is 29.2 Å². The van der Waals surface area contributed by atoms with Crippen molar-refractivity contribution in [1.29, 1.82) is 0 Å².